The van der Waals surface area contributed by atoms with Gasteiger partial charge in [0.15, 0.2) is 5.96 Å². The van der Waals surface area contributed by atoms with Gasteiger partial charge < -0.3 is 28.5 Å². The van der Waals surface area contributed by atoms with Crippen LogP contribution < -0.4 is 16.8 Å². The Labute approximate surface area is 105 Å². The molecule has 0 amide bonds. The minimum atomic E-state index is 0. The molecule has 0 aliphatic heterocycles. The summed E-state index contributed by atoms with van der Waals surface area (Å²) in [5, 5.41) is 2.59. The van der Waals surface area contributed by atoms with Crippen LogP contribution in [0.15, 0.2) is 4.99 Å². The van der Waals surface area contributed by atoms with Crippen LogP contribution in [0.4, 0.5) is 0 Å². The molecule has 5 N–H and O–H groups in total. The molecular formula is C7H16N4OY-2. The number of likely N-dealkylation sites (N-methyl/N-ethyl adjacent to an activating group) is 1. The molecule has 13 heavy (non-hydrogen) atoms. The Bertz CT molecular complexity index is 145. The summed E-state index contributed by atoms with van der Waals surface area (Å²) in [6.07, 6.45) is 0. The van der Waals surface area contributed by atoms with Crippen molar-refractivity contribution in [2.75, 3.05) is 13.6 Å². The van der Waals surface area contributed by atoms with Gasteiger partial charge in [0.25, 0.3) is 0 Å². The van der Waals surface area contributed by atoms with Crippen LogP contribution in [0, 0.1) is 13.5 Å². The first-order chi connectivity index (χ1) is 5.54. The molecule has 5 nitrogen and oxygen atoms in total. The molecule has 1 radical (unpaired) electrons. The smallest absolute Gasteiger partial charge is 0.183 e. The Morgan fingerprint density at radius 3 is 2.08 bits per heavy atom. The minimum Gasteiger partial charge on any atom is -0.450 e. The van der Waals surface area contributed by atoms with Crippen molar-refractivity contribution in [1.82, 2.24) is 5.32 Å². The molecule has 75 valence electrons. The van der Waals surface area contributed by atoms with Crippen molar-refractivity contribution in [2.24, 2.45) is 16.5 Å². The van der Waals surface area contributed by atoms with Crippen molar-refractivity contribution in [3.8, 4) is 0 Å². The standard InChI is InChI=1S/C4H8NO.C3H8N3.Y/c1-4(6)3-5-2;1-2-6-3(4)5;/h3,5H,1-2H3;1-2H2,(H4,4,5,6);/q2*-1;. The van der Waals surface area contributed by atoms with E-state index in [-0.39, 0.29) is 44.5 Å². The number of Topliss-reactive ketones (excluding diaryl/α,β-unsaturated/α-hetero) is 1. The topological polar surface area (TPSA) is 93.5 Å². The number of aliphatic imine (C=N–C) groups is 1. The Hall–Kier alpha value is -0.126. The van der Waals surface area contributed by atoms with Crippen LogP contribution in [0.5, 0.6) is 0 Å². The van der Waals surface area contributed by atoms with E-state index >= 15 is 0 Å². The molecule has 0 unspecified atom stereocenters. The summed E-state index contributed by atoms with van der Waals surface area (Å²) in [5.74, 6) is 0.155. The van der Waals surface area contributed by atoms with Crippen molar-refractivity contribution in [1.29, 1.82) is 0 Å². The molecule has 0 atom stereocenters. The van der Waals surface area contributed by atoms with E-state index in [9.17, 15) is 4.79 Å². The van der Waals surface area contributed by atoms with Crippen molar-refractivity contribution < 1.29 is 37.5 Å². The van der Waals surface area contributed by atoms with Gasteiger partial charge in [-0.3, -0.25) is 11.5 Å². The summed E-state index contributed by atoms with van der Waals surface area (Å²) >= 11 is 0. The first-order valence-corrected chi connectivity index (χ1v) is 3.40. The first kappa shape index (κ1) is 18.6. The molecule has 0 aliphatic carbocycles. The number of carbonyl (C=O) groups is 1. The number of carbonyl (C=O) groups excluding carboxylic acids is 1. The van der Waals surface area contributed by atoms with E-state index in [1.165, 1.54) is 13.5 Å². The number of hydrogen-bond donors (Lipinski definition) is 3. The fraction of sp³-hybridized carbons (Fsp3) is 0.429. The molecular weight excluding hydrogens is 245 g/mol. The molecule has 0 aromatic carbocycles. The van der Waals surface area contributed by atoms with E-state index in [1.54, 1.807) is 7.05 Å². The van der Waals surface area contributed by atoms with E-state index in [4.69, 9.17) is 11.5 Å². The molecule has 0 aromatic heterocycles. The third-order valence-electron chi connectivity index (χ3n) is 0.642. The van der Waals surface area contributed by atoms with Crippen molar-refractivity contribution in [3.05, 3.63) is 13.5 Å². The number of hydrogen-bond acceptors (Lipinski definition) is 3. The molecule has 0 saturated heterocycles. The maximum atomic E-state index is 9.93. The fourth-order valence-electron chi connectivity index (χ4n) is 0.332. The average Bonchev–Trinajstić information content (AvgIpc) is 1.87. The molecule has 0 saturated carbocycles. The zero-order valence-electron chi connectivity index (χ0n) is 8.08. The third kappa shape index (κ3) is 33.6. The minimum absolute atomic E-state index is 0. The van der Waals surface area contributed by atoms with E-state index in [2.05, 4.69) is 17.2 Å². The first-order valence-electron chi connectivity index (χ1n) is 3.40. The van der Waals surface area contributed by atoms with Gasteiger partial charge in [0.05, 0.1) is 0 Å². The van der Waals surface area contributed by atoms with E-state index in [1.807, 2.05) is 0 Å². The number of nitrogens with one attached hydrogen (secondary N) is 1. The van der Waals surface area contributed by atoms with Crippen LogP contribution in [0.1, 0.15) is 6.92 Å². The van der Waals surface area contributed by atoms with Crippen LogP contribution in [0.3, 0.4) is 0 Å². The molecule has 0 aromatic rings. The second kappa shape index (κ2) is 14.4. The van der Waals surface area contributed by atoms with Gasteiger partial charge in [0, 0.05) is 38.5 Å². The predicted molar refractivity (Wildman–Crippen MR) is 50.1 cm³/mol. The van der Waals surface area contributed by atoms with Crippen molar-refractivity contribution >= 4 is 11.7 Å². The molecule has 0 bridgehead atoms. The van der Waals surface area contributed by atoms with Crippen molar-refractivity contribution in [3.63, 3.8) is 0 Å². The fourth-order valence-corrected chi connectivity index (χ4v) is 0.332. The van der Waals surface area contributed by atoms with Crippen LogP contribution >= 0.6 is 0 Å². The Kier molecular flexibility index (Phi) is 20.6. The van der Waals surface area contributed by atoms with Crippen LogP contribution in [0.2, 0.25) is 0 Å². The van der Waals surface area contributed by atoms with E-state index in [0.717, 1.165) is 0 Å². The van der Waals surface area contributed by atoms with Gasteiger partial charge >= 0.3 is 0 Å². The summed E-state index contributed by atoms with van der Waals surface area (Å²) in [6, 6.07) is 0. The van der Waals surface area contributed by atoms with Gasteiger partial charge in [0.1, 0.15) is 0 Å². The maximum Gasteiger partial charge on any atom is 0.183 e. The van der Waals surface area contributed by atoms with Gasteiger partial charge in [0.2, 0.25) is 0 Å². The summed E-state index contributed by atoms with van der Waals surface area (Å²) in [5.41, 5.74) is 9.78. The van der Waals surface area contributed by atoms with Crippen LogP contribution in [-0.2, 0) is 37.5 Å². The zero-order chi connectivity index (χ0) is 9.98. The average molecular weight is 261 g/mol. The molecule has 0 rings (SSSR count). The zero-order valence-corrected chi connectivity index (χ0v) is 10.9. The number of rotatable bonds is 3. The van der Waals surface area contributed by atoms with Gasteiger partial charge in [-0.05, 0) is 14.0 Å². The SMILES string of the molecule is CN[CH-]C(C)=O.[CH2-]CN=C(N)N.[Y]. The Morgan fingerprint density at radius 2 is 2.08 bits per heavy atom. The summed E-state index contributed by atoms with van der Waals surface area (Å²) in [4.78, 5) is 13.4. The molecule has 0 aliphatic rings. The molecule has 0 heterocycles. The monoisotopic (exact) mass is 261 g/mol. The largest absolute Gasteiger partial charge is 0.450 e. The normalized spacial score (nSPS) is 7.00. The van der Waals surface area contributed by atoms with Gasteiger partial charge in [-0.1, -0.05) is 6.54 Å². The Morgan fingerprint density at radius 1 is 1.62 bits per heavy atom. The molecule has 0 fully saturated rings. The summed E-state index contributed by atoms with van der Waals surface area (Å²) in [7, 11) is 1.70. The number of nitrogens with two attached hydrogens (primary N) is 2. The predicted octanol–water partition coefficient (Wildman–Crippen LogP) is -0.952. The van der Waals surface area contributed by atoms with E-state index in [0.29, 0.717) is 6.54 Å². The van der Waals surface area contributed by atoms with E-state index < -0.39 is 0 Å². The number of nitrogens with zero attached hydrogens (tertiary/aromatic N) is 1. The second-order valence-corrected chi connectivity index (χ2v) is 1.85. The van der Waals surface area contributed by atoms with Crippen LogP contribution in [0.25, 0.3) is 0 Å². The maximum absolute atomic E-state index is 9.93. The summed E-state index contributed by atoms with van der Waals surface area (Å²) < 4.78 is 0. The van der Waals surface area contributed by atoms with Gasteiger partial charge in [-0.25, -0.2) is 0 Å². The van der Waals surface area contributed by atoms with Crippen LogP contribution in [-0.4, -0.2) is 25.3 Å². The van der Waals surface area contributed by atoms with Gasteiger partial charge in [-0.15, -0.1) is 0 Å². The molecule has 0 spiro atoms. The number of guanidine groups is 1. The Balaban J connectivity index is -0.000000143. The number of ketones is 1. The summed E-state index contributed by atoms with van der Waals surface area (Å²) in [6.45, 7) is 6.70. The molecule has 6 heteroatoms. The van der Waals surface area contributed by atoms with Crippen molar-refractivity contribution in [2.45, 2.75) is 6.92 Å². The van der Waals surface area contributed by atoms with Gasteiger partial charge in [-0.2, -0.15) is 0 Å². The third-order valence-corrected chi connectivity index (χ3v) is 0.642. The quantitative estimate of drug-likeness (QED) is 0.347. The second-order valence-electron chi connectivity index (χ2n) is 1.85.